The molecule has 1 aliphatic heterocycles. The second-order valence-corrected chi connectivity index (χ2v) is 9.27. The van der Waals surface area contributed by atoms with Crippen molar-refractivity contribution < 1.29 is 14.9 Å². The Hall–Kier alpha value is -2.79. The number of rotatable bonds is 8. The first kappa shape index (κ1) is 25.3. The fourth-order valence-corrected chi connectivity index (χ4v) is 4.76. The molecule has 1 aliphatic rings. The van der Waals surface area contributed by atoms with Gasteiger partial charge in [-0.25, -0.2) is 4.85 Å². The Balaban J connectivity index is 1.55. The highest BCUT2D eigenvalue weighted by molar-refractivity contribution is 6.33. The highest BCUT2D eigenvalue weighted by Gasteiger charge is 2.31. The number of halogens is 2. The summed E-state index contributed by atoms with van der Waals surface area (Å²) >= 11 is 12.8. The molecule has 0 bridgehead atoms. The van der Waals surface area contributed by atoms with Crippen molar-refractivity contribution in [3.63, 3.8) is 0 Å². The summed E-state index contributed by atoms with van der Waals surface area (Å²) < 4.78 is 5.50. The van der Waals surface area contributed by atoms with Crippen LogP contribution in [0.4, 0.5) is 11.4 Å². The maximum absolute atomic E-state index is 10.9. The molecule has 3 aromatic rings. The lowest BCUT2D eigenvalue weighted by atomic mass is 10.00. The molecule has 2 N–H and O–H groups in total. The van der Waals surface area contributed by atoms with Gasteiger partial charge in [-0.2, -0.15) is 0 Å². The maximum atomic E-state index is 10.9. The first-order chi connectivity index (χ1) is 17.0. The van der Waals surface area contributed by atoms with Gasteiger partial charge in [0.15, 0.2) is 5.69 Å². The van der Waals surface area contributed by atoms with Crippen LogP contribution in [0.3, 0.4) is 0 Å². The second kappa shape index (κ2) is 11.8. The molecule has 4 rings (SSSR count). The number of hydrogen-bond acceptors (Lipinski definition) is 5. The third-order valence-corrected chi connectivity index (χ3v) is 6.70. The molecule has 182 valence electrons. The van der Waals surface area contributed by atoms with Gasteiger partial charge >= 0.3 is 0 Å². The van der Waals surface area contributed by atoms with Gasteiger partial charge in [0.05, 0.1) is 36.0 Å². The molecule has 0 aliphatic carbocycles. The van der Waals surface area contributed by atoms with Crippen LogP contribution in [0.1, 0.15) is 23.3 Å². The van der Waals surface area contributed by atoms with E-state index in [1.807, 2.05) is 48.5 Å². The first-order valence-electron chi connectivity index (χ1n) is 11.4. The van der Waals surface area contributed by atoms with Crippen LogP contribution >= 0.6 is 23.2 Å². The van der Waals surface area contributed by atoms with E-state index in [4.69, 9.17) is 39.6 Å². The minimum atomic E-state index is -0.654. The highest BCUT2D eigenvalue weighted by atomic mass is 35.5. The monoisotopic (exact) mass is 511 g/mol. The Labute approximate surface area is 215 Å². The predicted octanol–water partition coefficient (Wildman–Crippen LogP) is 5.51. The summed E-state index contributed by atoms with van der Waals surface area (Å²) in [5.74, 6) is 0.613. The van der Waals surface area contributed by atoms with Crippen LogP contribution < -0.4 is 9.64 Å². The Morgan fingerprint density at radius 2 is 1.77 bits per heavy atom. The molecule has 0 amide bonds. The van der Waals surface area contributed by atoms with Crippen LogP contribution in [-0.2, 0) is 0 Å². The largest absolute Gasteiger partial charge is 0.491 e. The maximum Gasteiger partial charge on any atom is 0.187 e. The van der Waals surface area contributed by atoms with Gasteiger partial charge in [0, 0.05) is 37.3 Å². The van der Waals surface area contributed by atoms with Crippen molar-refractivity contribution in [2.75, 3.05) is 44.3 Å². The van der Waals surface area contributed by atoms with Crippen molar-refractivity contribution in [3.8, 4) is 5.75 Å². The molecule has 0 spiro atoms. The number of aliphatic hydroxyl groups excluding tert-OH is 2. The normalized spacial score (nSPS) is 17.1. The summed E-state index contributed by atoms with van der Waals surface area (Å²) in [7, 11) is 0. The summed E-state index contributed by atoms with van der Waals surface area (Å²) in [6.07, 6.45) is -0.654. The number of hydrogen-bond donors (Lipinski definition) is 2. The topological polar surface area (TPSA) is 60.5 Å². The number of benzene rings is 3. The van der Waals surface area contributed by atoms with E-state index in [0.717, 1.165) is 23.4 Å². The lowest BCUT2D eigenvalue weighted by Crippen LogP contribution is -2.49. The van der Waals surface area contributed by atoms with E-state index in [1.54, 1.807) is 18.2 Å². The molecule has 8 heteroatoms. The molecule has 6 nitrogen and oxygen atoms in total. The van der Waals surface area contributed by atoms with Crippen LogP contribution in [0.25, 0.3) is 4.85 Å². The molecular weight excluding hydrogens is 485 g/mol. The fraction of sp³-hybridized carbons (Fsp3) is 0.296. The molecule has 0 aromatic heterocycles. The Kier molecular flexibility index (Phi) is 8.50. The van der Waals surface area contributed by atoms with Crippen LogP contribution in [0.2, 0.25) is 10.0 Å². The average Bonchev–Trinajstić information content (AvgIpc) is 2.88. The number of β-amino-alcohol motifs (C(OH)–C–C–N with tert-alkyl or cyclic N) is 1. The minimum Gasteiger partial charge on any atom is -0.491 e. The quantitative estimate of drug-likeness (QED) is 0.390. The lowest BCUT2D eigenvalue weighted by molar-refractivity contribution is 0.100. The predicted molar refractivity (Wildman–Crippen MR) is 140 cm³/mol. The van der Waals surface area contributed by atoms with Crippen LogP contribution in [0.15, 0.2) is 66.7 Å². The summed E-state index contributed by atoms with van der Waals surface area (Å²) in [6.45, 7) is 9.90. The van der Waals surface area contributed by atoms with Gasteiger partial charge in [-0.1, -0.05) is 59.6 Å². The van der Waals surface area contributed by atoms with Crippen molar-refractivity contribution in [1.82, 2.24) is 4.90 Å². The van der Waals surface area contributed by atoms with Gasteiger partial charge in [0.2, 0.25) is 0 Å². The molecule has 2 atom stereocenters. The molecule has 35 heavy (non-hydrogen) atoms. The van der Waals surface area contributed by atoms with Crippen molar-refractivity contribution in [3.05, 3.63) is 99.3 Å². The van der Waals surface area contributed by atoms with Crippen molar-refractivity contribution in [2.24, 2.45) is 0 Å². The summed E-state index contributed by atoms with van der Waals surface area (Å²) in [4.78, 5) is 7.93. The molecule has 0 saturated carbocycles. The summed E-state index contributed by atoms with van der Waals surface area (Å²) in [5, 5.41) is 21.1. The zero-order valence-electron chi connectivity index (χ0n) is 19.1. The van der Waals surface area contributed by atoms with E-state index in [-0.39, 0.29) is 19.3 Å². The smallest absolute Gasteiger partial charge is 0.187 e. The minimum absolute atomic E-state index is 0.000539. The van der Waals surface area contributed by atoms with Crippen LogP contribution in [-0.4, -0.2) is 54.5 Å². The number of ether oxygens (including phenoxy) is 1. The van der Waals surface area contributed by atoms with Gasteiger partial charge in [0.25, 0.3) is 0 Å². The van der Waals surface area contributed by atoms with Gasteiger partial charge in [0.1, 0.15) is 12.4 Å². The third-order valence-electron chi connectivity index (χ3n) is 6.15. The zero-order valence-corrected chi connectivity index (χ0v) is 20.7. The SMILES string of the molecule is [C-]#[N+]c1ccc([C@H](O)CN2CCN(c3ccc(OCCO)cc3Cl)[C@H](c3ccc(Cl)cc3)C2)cc1. The molecule has 0 radical (unpaired) electrons. The van der Waals surface area contributed by atoms with E-state index in [1.165, 1.54) is 0 Å². The molecule has 0 unspecified atom stereocenters. The molecular formula is C27H27Cl2N3O3. The number of anilines is 1. The summed E-state index contributed by atoms with van der Waals surface area (Å²) in [5.41, 5.74) is 3.36. The molecule has 1 saturated heterocycles. The van der Waals surface area contributed by atoms with Crippen molar-refractivity contribution in [2.45, 2.75) is 12.1 Å². The van der Waals surface area contributed by atoms with Gasteiger partial charge < -0.3 is 19.8 Å². The van der Waals surface area contributed by atoms with Crippen LogP contribution in [0.5, 0.6) is 5.75 Å². The number of nitrogens with zero attached hydrogens (tertiary/aromatic N) is 3. The number of piperazine rings is 1. The Morgan fingerprint density at radius 3 is 2.43 bits per heavy atom. The zero-order chi connectivity index (χ0) is 24.8. The Morgan fingerprint density at radius 1 is 1.03 bits per heavy atom. The third kappa shape index (κ3) is 6.26. The molecule has 3 aromatic carbocycles. The van der Waals surface area contributed by atoms with E-state index < -0.39 is 6.10 Å². The van der Waals surface area contributed by atoms with E-state index in [9.17, 15) is 5.11 Å². The molecule has 1 fully saturated rings. The lowest BCUT2D eigenvalue weighted by Gasteiger charge is -2.44. The number of aliphatic hydroxyl groups is 2. The van der Waals surface area contributed by atoms with Crippen LogP contribution in [0, 0.1) is 6.57 Å². The van der Waals surface area contributed by atoms with Crippen molar-refractivity contribution in [1.29, 1.82) is 0 Å². The van der Waals surface area contributed by atoms with E-state index in [2.05, 4.69) is 14.6 Å². The molecule has 1 heterocycles. The van der Waals surface area contributed by atoms with Gasteiger partial charge in [-0.15, -0.1) is 0 Å². The van der Waals surface area contributed by atoms with E-state index in [0.29, 0.717) is 41.1 Å². The second-order valence-electron chi connectivity index (χ2n) is 8.42. The highest BCUT2D eigenvalue weighted by Crippen LogP contribution is 2.37. The Bertz CT molecular complexity index is 1170. The first-order valence-corrected chi connectivity index (χ1v) is 12.2. The van der Waals surface area contributed by atoms with E-state index >= 15 is 0 Å². The average molecular weight is 512 g/mol. The standard InChI is InChI=1S/C27H27Cl2N3O3/c1-30-22-8-4-20(5-9-22)27(34)18-31-12-13-32(26(17-31)19-2-6-21(28)7-3-19)25-11-10-23(16-24(25)29)35-15-14-33/h2-11,16,26-27,33-34H,12-15,17-18H2/t26-,27+/m0/s1. The fourth-order valence-electron chi connectivity index (χ4n) is 4.36. The summed E-state index contributed by atoms with van der Waals surface area (Å²) in [6, 6.07) is 20.5. The van der Waals surface area contributed by atoms with Gasteiger partial charge in [-0.05, 0) is 35.4 Å². The van der Waals surface area contributed by atoms with Gasteiger partial charge in [-0.3, -0.25) is 4.90 Å². The van der Waals surface area contributed by atoms with Crippen molar-refractivity contribution >= 4 is 34.6 Å².